The maximum atomic E-state index is 7.47. The summed E-state index contributed by atoms with van der Waals surface area (Å²) in [6.07, 6.45) is 21.6. The molecule has 5 fully saturated rings. The monoisotopic (exact) mass is 637 g/mol. The van der Waals surface area contributed by atoms with Crippen LogP contribution in [-0.2, 0) is 41.5 Å². The van der Waals surface area contributed by atoms with Crippen LogP contribution in [0.3, 0.4) is 0 Å². The van der Waals surface area contributed by atoms with Gasteiger partial charge in [0.05, 0.1) is 11.4 Å². The highest BCUT2D eigenvalue weighted by atomic mass is 16.5. The minimum Gasteiger partial charge on any atom is -0.371 e. The normalized spacial score (nSPS) is 64.4. The first-order valence-electron chi connectivity index (χ1n) is 19.7. The van der Waals surface area contributed by atoms with Gasteiger partial charge in [-0.25, -0.2) is 0 Å². The molecule has 0 radical (unpaired) electrons. The van der Waals surface area contributed by atoms with Gasteiger partial charge in [-0.15, -0.1) is 0 Å². The molecule has 0 saturated heterocycles. The van der Waals surface area contributed by atoms with E-state index in [2.05, 4.69) is 69.5 Å². The van der Waals surface area contributed by atoms with Gasteiger partial charge in [0.1, 0.15) is 11.2 Å². The molecule has 5 nitrogen and oxygen atoms in total. The molecule has 3 heterocycles. The Balaban J connectivity index is 1.23. The van der Waals surface area contributed by atoms with E-state index < -0.39 is 11.3 Å². The molecule has 2 aliphatic heterocycles. The lowest BCUT2D eigenvalue weighted by Gasteiger charge is -2.61. The molecule has 0 bridgehead atoms. The van der Waals surface area contributed by atoms with Crippen LogP contribution in [0.5, 0.6) is 0 Å². The zero-order valence-corrected chi connectivity index (χ0v) is 28.2. The van der Waals surface area contributed by atoms with Crippen molar-refractivity contribution in [3.63, 3.8) is 0 Å². The van der Waals surface area contributed by atoms with Crippen LogP contribution in [0.25, 0.3) is 0 Å². The van der Waals surface area contributed by atoms with Gasteiger partial charge in [0, 0.05) is 57.7 Å². The zero-order valence-electron chi connectivity index (χ0n) is 28.2. The molecule has 1 aromatic rings. The van der Waals surface area contributed by atoms with Crippen LogP contribution in [0.4, 0.5) is 0 Å². The van der Waals surface area contributed by atoms with E-state index in [0.29, 0.717) is 101 Å². The number of rotatable bonds is 4. The summed E-state index contributed by atoms with van der Waals surface area (Å²) in [5.74, 6) is 8.98. The first kappa shape index (κ1) is 24.9. The molecule has 0 amide bonds. The minimum absolute atomic E-state index is 0.323. The number of ether oxygens (including phenoxy) is 4. The standard InChI is InChI=1S/C43H43NO4/c1-45-40-29-17-7-5-15-16-6-8-18-20-11-13-23-24-14-12-22-21-10-9-19(17)31(40)32(21)42(47-3)34(22)36(24)43(48-4)35(23)33(20)41(46-2)30(18)26(16)27(25(15)29)28-37(40)39(42)44(43)38(28)41/h5-8,11,13,15-27,29-30,33,35H,9-10,12,14H2,1-4H3/t15?,16?,17?,18?,19?,20?,21?,22?,23?,24?,25?,26?,27-,29?,30?,33?,35?,40-,41+,42-,43+/m0/s1. The maximum absolute atomic E-state index is 7.47. The van der Waals surface area contributed by atoms with Gasteiger partial charge in [-0.1, -0.05) is 36.5 Å². The van der Waals surface area contributed by atoms with Crippen LogP contribution in [0.1, 0.15) is 54.1 Å². The average molecular weight is 638 g/mol. The lowest BCUT2D eigenvalue weighted by Crippen LogP contribution is -2.64. The predicted molar refractivity (Wildman–Crippen MR) is 174 cm³/mol. The maximum Gasteiger partial charge on any atom is 0.171 e. The number of methoxy groups -OCH3 is 4. The van der Waals surface area contributed by atoms with Crippen molar-refractivity contribution in [3.05, 3.63) is 81.3 Å². The Morgan fingerprint density at radius 3 is 1.83 bits per heavy atom. The van der Waals surface area contributed by atoms with Gasteiger partial charge in [0.25, 0.3) is 0 Å². The Morgan fingerprint density at radius 1 is 0.542 bits per heavy atom. The summed E-state index contributed by atoms with van der Waals surface area (Å²) < 4.78 is 32.7. The molecule has 0 aromatic carbocycles. The van der Waals surface area contributed by atoms with Crippen LogP contribution in [-0.4, -0.2) is 33.0 Å². The van der Waals surface area contributed by atoms with Crippen LogP contribution in [0, 0.1) is 94.7 Å². The molecule has 0 spiro atoms. The molecular formula is C43H43NO4. The number of fused-ring (bicyclic) bond motifs is 5. The van der Waals surface area contributed by atoms with Crippen molar-refractivity contribution in [3.8, 4) is 0 Å². The molecule has 15 aliphatic rings. The van der Waals surface area contributed by atoms with Crippen molar-refractivity contribution >= 4 is 0 Å². The second-order valence-corrected chi connectivity index (χ2v) is 19.2. The summed E-state index contributed by atoms with van der Waals surface area (Å²) in [4.78, 5) is 0. The van der Waals surface area contributed by atoms with Crippen molar-refractivity contribution in [1.29, 1.82) is 0 Å². The summed E-state index contributed by atoms with van der Waals surface area (Å²) >= 11 is 0. The number of hydrogen-bond acceptors (Lipinski definition) is 4. The van der Waals surface area contributed by atoms with E-state index in [1.807, 2.05) is 0 Å². The number of aromatic nitrogens is 1. The van der Waals surface area contributed by atoms with E-state index in [4.69, 9.17) is 18.9 Å². The van der Waals surface area contributed by atoms with E-state index in [9.17, 15) is 0 Å². The molecule has 21 atom stereocenters. The summed E-state index contributed by atoms with van der Waals surface area (Å²) in [6.45, 7) is 0. The fourth-order valence-corrected chi connectivity index (χ4v) is 20.1. The van der Waals surface area contributed by atoms with E-state index >= 15 is 0 Å². The largest absolute Gasteiger partial charge is 0.371 e. The summed E-state index contributed by atoms with van der Waals surface area (Å²) in [5.41, 5.74) is 11.3. The highest BCUT2D eigenvalue weighted by molar-refractivity contribution is 5.75. The molecule has 48 heavy (non-hydrogen) atoms. The molecule has 13 aliphatic carbocycles. The van der Waals surface area contributed by atoms with E-state index in [1.165, 1.54) is 31.4 Å². The quantitative estimate of drug-likeness (QED) is 0.365. The Bertz CT molecular complexity index is 2120. The van der Waals surface area contributed by atoms with E-state index in [-0.39, 0.29) is 11.2 Å². The van der Waals surface area contributed by atoms with Crippen molar-refractivity contribution in [2.45, 2.75) is 54.1 Å². The number of allylic oxidation sites excluding steroid dienone is 6. The second-order valence-electron chi connectivity index (χ2n) is 19.2. The van der Waals surface area contributed by atoms with Gasteiger partial charge in [0.15, 0.2) is 11.3 Å². The Morgan fingerprint density at radius 2 is 1.15 bits per heavy atom. The Kier molecular flexibility index (Phi) is 3.44. The molecule has 5 saturated carbocycles. The Labute approximate surface area is 281 Å². The van der Waals surface area contributed by atoms with E-state index in [1.54, 1.807) is 39.1 Å². The lowest BCUT2D eigenvalue weighted by atomic mass is 9.50. The van der Waals surface area contributed by atoms with Crippen LogP contribution in [0.15, 0.2) is 58.7 Å². The molecule has 1 aromatic heterocycles. The smallest absolute Gasteiger partial charge is 0.171 e. The van der Waals surface area contributed by atoms with Gasteiger partial charge >= 0.3 is 0 Å². The predicted octanol–water partition coefficient (Wildman–Crippen LogP) is 6.28. The average Bonchev–Trinajstić information content (AvgIpc) is 3.93. The fourth-order valence-electron chi connectivity index (χ4n) is 20.1. The third-order valence-electron chi connectivity index (χ3n) is 19.9. The molecule has 16 unspecified atom stereocenters. The van der Waals surface area contributed by atoms with Crippen molar-refractivity contribution in [2.24, 2.45) is 94.7 Å². The van der Waals surface area contributed by atoms with Crippen LogP contribution in [0.2, 0.25) is 0 Å². The molecule has 16 rings (SSSR count). The summed E-state index contributed by atoms with van der Waals surface area (Å²) in [5, 5.41) is 0. The van der Waals surface area contributed by atoms with Gasteiger partial charge in [-0.2, -0.15) is 0 Å². The summed E-state index contributed by atoms with van der Waals surface area (Å²) in [7, 11) is 8.39. The Hall–Kier alpha value is -2.18. The van der Waals surface area contributed by atoms with Crippen molar-refractivity contribution in [1.82, 2.24) is 4.57 Å². The highest BCUT2D eigenvalue weighted by Gasteiger charge is 2.88. The first-order valence-corrected chi connectivity index (χ1v) is 19.7. The highest BCUT2D eigenvalue weighted by Crippen LogP contribution is 2.89. The van der Waals surface area contributed by atoms with Crippen molar-refractivity contribution < 1.29 is 18.9 Å². The topological polar surface area (TPSA) is 41.9 Å². The zero-order chi connectivity index (χ0) is 30.9. The van der Waals surface area contributed by atoms with Crippen molar-refractivity contribution in [2.75, 3.05) is 28.4 Å². The van der Waals surface area contributed by atoms with E-state index in [0.717, 1.165) is 0 Å². The number of hydrogen-bond donors (Lipinski definition) is 0. The third-order valence-corrected chi connectivity index (χ3v) is 19.9. The summed E-state index contributed by atoms with van der Waals surface area (Å²) in [6, 6.07) is 0. The van der Waals surface area contributed by atoms with Gasteiger partial charge in [-0.05, 0) is 130 Å². The van der Waals surface area contributed by atoms with Crippen LogP contribution >= 0.6 is 0 Å². The van der Waals surface area contributed by atoms with Gasteiger partial charge < -0.3 is 23.5 Å². The number of nitrogens with zero attached hydrogens (tertiary/aromatic N) is 1. The third kappa shape index (κ3) is 1.68. The lowest BCUT2D eigenvalue weighted by molar-refractivity contribution is -0.216. The minimum atomic E-state index is -0.491. The molecular weight excluding hydrogens is 594 g/mol. The van der Waals surface area contributed by atoms with Gasteiger partial charge in [0.2, 0.25) is 0 Å². The molecule has 0 N–H and O–H groups in total. The first-order chi connectivity index (χ1) is 23.6. The van der Waals surface area contributed by atoms with Crippen LogP contribution < -0.4 is 0 Å². The second kappa shape index (κ2) is 6.64. The van der Waals surface area contributed by atoms with Gasteiger partial charge in [-0.3, -0.25) is 0 Å². The molecule has 244 valence electrons. The SMILES string of the molecule is CO[C@@]12C3=C4C5CCC3C3CCC6C(=C31)[C@]1(OC)C3C6C=CC6C7C=CC8C9C=CC5C5C9[C@@H]9c%10c(c2n1c%10[C@@](OC)(C7C89)C63)[C@@]45OC. The fraction of sp³-hybridized carbons (Fsp3) is 0.674. The molecule has 5 heteroatoms.